The smallest absolute Gasteiger partial charge is 0.425 e. The van der Waals surface area contributed by atoms with Gasteiger partial charge in [0.1, 0.15) is 5.75 Å². The van der Waals surface area contributed by atoms with E-state index in [9.17, 15) is 26.4 Å². The van der Waals surface area contributed by atoms with E-state index in [2.05, 4.69) is 5.32 Å². The number of ether oxygens (including phenoxy) is 1. The van der Waals surface area contributed by atoms with Gasteiger partial charge in [-0.05, 0) is 56.2 Å². The lowest BCUT2D eigenvalue weighted by Crippen LogP contribution is -2.41. The molecule has 0 saturated carbocycles. The van der Waals surface area contributed by atoms with Crippen LogP contribution in [0.2, 0.25) is 0 Å². The predicted octanol–water partition coefficient (Wildman–Crippen LogP) is 3.73. The average Bonchev–Trinajstić information content (AvgIpc) is 2.80. The summed E-state index contributed by atoms with van der Waals surface area (Å²) in [6.45, 7) is 1.64. The maximum Gasteiger partial charge on any atom is 0.425 e. The maximum atomic E-state index is 12.9. The number of benzene rings is 2. The number of rotatable bonds is 8. The fourth-order valence-corrected chi connectivity index (χ4v) is 5.12. The number of nitrogens with zero attached hydrogens (tertiary/aromatic N) is 1. The van der Waals surface area contributed by atoms with E-state index in [0.717, 1.165) is 5.56 Å². The molecule has 2 N–H and O–H groups in total. The van der Waals surface area contributed by atoms with Crippen molar-refractivity contribution in [3.05, 3.63) is 54.1 Å². The zero-order chi connectivity index (χ0) is 24.9. The number of hydrogen-bond acceptors (Lipinski definition) is 5. The quantitative estimate of drug-likeness (QED) is 0.576. The monoisotopic (exact) mass is 500 g/mol. The normalized spacial score (nSPS) is 16.7. The largest absolute Gasteiger partial charge is 0.481 e. The molecule has 0 radical (unpaired) electrons. The Kier molecular flexibility index (Phi) is 8.21. The van der Waals surface area contributed by atoms with Gasteiger partial charge < -0.3 is 15.2 Å². The molecule has 0 bridgehead atoms. The molecule has 1 aliphatic heterocycles. The third-order valence-corrected chi connectivity index (χ3v) is 7.55. The molecule has 3 rings (SSSR count). The molecule has 2 aromatic carbocycles. The van der Waals surface area contributed by atoms with Crippen LogP contribution in [-0.4, -0.2) is 55.7 Å². The van der Waals surface area contributed by atoms with Crippen LogP contribution >= 0.6 is 0 Å². The van der Waals surface area contributed by atoms with Crippen LogP contribution in [0, 0.1) is 12.8 Å². The zero-order valence-electron chi connectivity index (χ0n) is 18.6. The van der Waals surface area contributed by atoms with Crippen LogP contribution in [0.15, 0.2) is 53.4 Å². The Labute approximate surface area is 196 Å². The third-order valence-electron chi connectivity index (χ3n) is 5.64. The van der Waals surface area contributed by atoms with Gasteiger partial charge in [0.25, 0.3) is 0 Å². The molecule has 0 aliphatic carbocycles. The fraction of sp³-hybridized carbons (Fsp3) is 0.435. The molecule has 11 heteroatoms. The van der Waals surface area contributed by atoms with Gasteiger partial charge in [0.05, 0.1) is 4.90 Å². The number of halogens is 3. The van der Waals surface area contributed by atoms with E-state index in [1.165, 1.54) is 28.6 Å². The molecule has 1 heterocycles. The van der Waals surface area contributed by atoms with Gasteiger partial charge in [0.15, 0.2) is 6.10 Å². The molecule has 1 fully saturated rings. The van der Waals surface area contributed by atoms with Crippen molar-refractivity contribution < 1.29 is 36.2 Å². The molecule has 0 aromatic heterocycles. The molecule has 7 nitrogen and oxygen atoms in total. The summed E-state index contributed by atoms with van der Waals surface area (Å²) in [5.41, 5.74) is 1.34. The predicted molar refractivity (Wildman–Crippen MR) is 120 cm³/mol. The highest BCUT2D eigenvalue weighted by Crippen LogP contribution is 2.29. The lowest BCUT2D eigenvalue weighted by molar-refractivity contribution is -0.198. The molecule has 34 heavy (non-hydrogen) atoms. The Bertz CT molecular complexity index is 1070. The Balaban J connectivity index is 1.54. The number of aliphatic hydroxyl groups is 1. The number of hydrogen-bond donors (Lipinski definition) is 2. The van der Waals surface area contributed by atoms with Gasteiger partial charge in [0.2, 0.25) is 15.9 Å². The maximum absolute atomic E-state index is 12.9. The van der Waals surface area contributed by atoms with Crippen molar-refractivity contribution in [1.82, 2.24) is 4.31 Å². The zero-order valence-corrected chi connectivity index (χ0v) is 19.4. The minimum absolute atomic E-state index is 0.0385. The summed E-state index contributed by atoms with van der Waals surface area (Å²) < 4.78 is 70.7. The minimum Gasteiger partial charge on any atom is -0.481 e. The van der Waals surface area contributed by atoms with E-state index in [1.807, 2.05) is 6.92 Å². The van der Waals surface area contributed by atoms with Crippen molar-refractivity contribution in [1.29, 1.82) is 0 Å². The number of carbonyl (C=O) groups is 1. The molecule has 1 atom stereocenters. The first-order chi connectivity index (χ1) is 16.0. The van der Waals surface area contributed by atoms with Crippen LogP contribution in [0.5, 0.6) is 5.75 Å². The van der Waals surface area contributed by atoms with Gasteiger partial charge in [-0.15, -0.1) is 0 Å². The first-order valence-electron chi connectivity index (χ1n) is 10.8. The number of aliphatic hydroxyl groups excluding tert-OH is 1. The van der Waals surface area contributed by atoms with Gasteiger partial charge in [-0.3, -0.25) is 4.79 Å². The number of aryl methyl sites for hydroxylation is 1. The number of carbonyl (C=O) groups excluding carboxylic acids is 1. The van der Waals surface area contributed by atoms with Gasteiger partial charge in [-0.2, -0.15) is 17.5 Å². The number of anilines is 1. The third kappa shape index (κ3) is 6.49. The second-order valence-corrected chi connectivity index (χ2v) is 10.1. The summed E-state index contributed by atoms with van der Waals surface area (Å²) in [5.74, 6) is -0.711. The average molecular weight is 501 g/mol. The standard InChI is InChI=1S/C23H27F3N2O5S/c1-16-2-8-20(9-3-16)34(31,32)28-13-10-17(11-14-28)22(30)27-18-4-6-19(7-5-18)33-21(12-15-29)23(24,25)26/h2-9,17,21,29H,10-15H2,1H3,(H,27,30)/t21-/m1/s1. The second-order valence-electron chi connectivity index (χ2n) is 8.17. The Morgan fingerprint density at radius 3 is 2.24 bits per heavy atom. The highest BCUT2D eigenvalue weighted by atomic mass is 32.2. The van der Waals surface area contributed by atoms with Crippen molar-refractivity contribution in [3.63, 3.8) is 0 Å². The van der Waals surface area contributed by atoms with Crippen LogP contribution in [-0.2, 0) is 14.8 Å². The van der Waals surface area contributed by atoms with Crippen LogP contribution in [0.3, 0.4) is 0 Å². The molecular weight excluding hydrogens is 473 g/mol. The fourth-order valence-electron chi connectivity index (χ4n) is 3.65. The number of nitrogens with one attached hydrogen (secondary N) is 1. The van der Waals surface area contributed by atoms with Crippen molar-refractivity contribution in [2.45, 2.75) is 43.4 Å². The minimum atomic E-state index is -4.61. The number of sulfonamides is 1. The summed E-state index contributed by atoms with van der Waals surface area (Å²) in [5, 5.41) is 11.5. The highest BCUT2D eigenvalue weighted by Gasteiger charge is 2.41. The summed E-state index contributed by atoms with van der Waals surface area (Å²) in [6.07, 6.45) is -6.61. The lowest BCUT2D eigenvalue weighted by Gasteiger charge is -2.30. The van der Waals surface area contributed by atoms with Crippen LogP contribution in [0.4, 0.5) is 18.9 Å². The van der Waals surface area contributed by atoms with E-state index in [-0.39, 0.29) is 35.6 Å². The van der Waals surface area contributed by atoms with Gasteiger partial charge in [0, 0.05) is 37.7 Å². The number of alkyl halides is 3. The van der Waals surface area contributed by atoms with Gasteiger partial charge >= 0.3 is 6.18 Å². The Hall–Kier alpha value is -2.63. The van der Waals surface area contributed by atoms with E-state index in [1.54, 1.807) is 24.3 Å². The van der Waals surface area contributed by atoms with Crippen LogP contribution < -0.4 is 10.1 Å². The first-order valence-corrected chi connectivity index (χ1v) is 12.3. The highest BCUT2D eigenvalue weighted by molar-refractivity contribution is 7.89. The van der Waals surface area contributed by atoms with Crippen LogP contribution in [0.25, 0.3) is 0 Å². The molecular formula is C23H27F3N2O5S. The SMILES string of the molecule is Cc1ccc(S(=O)(=O)N2CCC(C(=O)Nc3ccc(O[C@H](CCO)C(F)(F)F)cc3)CC2)cc1. The van der Waals surface area contributed by atoms with Crippen LogP contribution in [0.1, 0.15) is 24.8 Å². The second kappa shape index (κ2) is 10.7. The van der Waals surface area contributed by atoms with Gasteiger partial charge in [-0.25, -0.2) is 8.42 Å². The van der Waals surface area contributed by atoms with Crippen molar-refractivity contribution in [2.24, 2.45) is 5.92 Å². The molecule has 1 amide bonds. The van der Waals surface area contributed by atoms with E-state index in [4.69, 9.17) is 9.84 Å². The van der Waals surface area contributed by atoms with E-state index in [0.29, 0.717) is 18.5 Å². The number of amides is 1. The molecule has 2 aromatic rings. The van der Waals surface area contributed by atoms with Crippen molar-refractivity contribution in [3.8, 4) is 5.75 Å². The topological polar surface area (TPSA) is 95.9 Å². The summed E-state index contributed by atoms with van der Waals surface area (Å²) >= 11 is 0. The molecule has 1 aliphatic rings. The lowest BCUT2D eigenvalue weighted by atomic mass is 9.97. The van der Waals surface area contributed by atoms with E-state index < -0.39 is 35.3 Å². The number of piperidine rings is 1. The van der Waals surface area contributed by atoms with E-state index >= 15 is 0 Å². The Morgan fingerprint density at radius 2 is 1.71 bits per heavy atom. The van der Waals surface area contributed by atoms with Gasteiger partial charge in [-0.1, -0.05) is 17.7 Å². The summed E-state index contributed by atoms with van der Waals surface area (Å²) in [7, 11) is -3.62. The summed E-state index contributed by atoms with van der Waals surface area (Å²) in [4.78, 5) is 12.8. The van der Waals surface area contributed by atoms with Crippen molar-refractivity contribution >= 4 is 21.6 Å². The first kappa shape index (κ1) is 26.0. The summed E-state index contributed by atoms with van der Waals surface area (Å²) in [6, 6.07) is 12.1. The van der Waals surface area contributed by atoms with Crippen molar-refractivity contribution in [2.75, 3.05) is 25.0 Å². The molecule has 186 valence electrons. The molecule has 0 unspecified atom stereocenters. The molecule has 1 saturated heterocycles. The Morgan fingerprint density at radius 1 is 1.12 bits per heavy atom. The molecule has 0 spiro atoms.